The Morgan fingerprint density at radius 2 is 2.19 bits per heavy atom. The number of hydrogen-bond donors (Lipinski definition) is 2. The molecule has 0 spiro atoms. The Morgan fingerprint density at radius 1 is 1.37 bits per heavy atom. The van der Waals surface area contributed by atoms with Crippen molar-refractivity contribution in [2.24, 2.45) is 0 Å². The van der Waals surface area contributed by atoms with Gasteiger partial charge in [-0.3, -0.25) is 14.7 Å². The van der Waals surface area contributed by atoms with Gasteiger partial charge < -0.3 is 10.6 Å². The zero-order chi connectivity index (χ0) is 18.5. The predicted octanol–water partition coefficient (Wildman–Crippen LogP) is 3.63. The van der Waals surface area contributed by atoms with E-state index in [1.54, 1.807) is 18.3 Å². The van der Waals surface area contributed by atoms with Crippen molar-refractivity contribution in [1.29, 1.82) is 0 Å². The van der Waals surface area contributed by atoms with Gasteiger partial charge in [-0.05, 0) is 36.2 Å². The second kappa shape index (κ2) is 10.2. The van der Waals surface area contributed by atoms with Crippen LogP contribution in [-0.2, 0) is 4.79 Å². The van der Waals surface area contributed by atoms with E-state index < -0.39 is 0 Å². The fourth-order valence-electron chi connectivity index (χ4n) is 3.17. The first-order valence-electron chi connectivity index (χ1n) is 8.63. The van der Waals surface area contributed by atoms with E-state index in [1.165, 1.54) is 0 Å². The number of carbonyl (C=O) groups excluding carboxylic acids is 1. The number of pyridine rings is 1. The molecular weight excluding hydrogens is 407 g/mol. The van der Waals surface area contributed by atoms with Crippen LogP contribution in [0.2, 0.25) is 10.0 Å². The van der Waals surface area contributed by atoms with Crippen molar-refractivity contribution in [3.8, 4) is 0 Å². The lowest BCUT2D eigenvalue weighted by Gasteiger charge is -2.36. The maximum absolute atomic E-state index is 12.6. The van der Waals surface area contributed by atoms with E-state index in [9.17, 15) is 4.79 Å². The normalized spacial score (nSPS) is 18.4. The molecule has 2 atom stereocenters. The van der Waals surface area contributed by atoms with E-state index in [2.05, 4.69) is 20.5 Å². The van der Waals surface area contributed by atoms with Gasteiger partial charge in [-0.2, -0.15) is 0 Å². The SMILES string of the molecule is CC(NC(=O)CN1CCNCC1c1cccnc1)c1ccc(Cl)c(Cl)c1.Cl. The molecule has 27 heavy (non-hydrogen) atoms. The Labute approximate surface area is 175 Å². The van der Waals surface area contributed by atoms with E-state index in [0.717, 1.165) is 30.8 Å². The highest BCUT2D eigenvalue weighted by atomic mass is 35.5. The molecule has 1 aromatic carbocycles. The molecule has 0 saturated carbocycles. The van der Waals surface area contributed by atoms with Gasteiger partial charge in [0.25, 0.3) is 0 Å². The molecule has 1 aliphatic rings. The van der Waals surface area contributed by atoms with Crippen molar-refractivity contribution in [3.63, 3.8) is 0 Å². The van der Waals surface area contributed by atoms with Gasteiger partial charge in [0.2, 0.25) is 5.91 Å². The number of benzene rings is 1. The first kappa shape index (κ1) is 21.9. The summed E-state index contributed by atoms with van der Waals surface area (Å²) in [6.45, 7) is 4.77. The minimum Gasteiger partial charge on any atom is -0.348 e. The number of nitrogens with one attached hydrogen (secondary N) is 2. The average molecular weight is 430 g/mol. The number of aromatic nitrogens is 1. The van der Waals surface area contributed by atoms with Crippen LogP contribution in [0.25, 0.3) is 0 Å². The zero-order valence-corrected chi connectivity index (χ0v) is 17.3. The monoisotopic (exact) mass is 428 g/mol. The smallest absolute Gasteiger partial charge is 0.234 e. The van der Waals surface area contributed by atoms with Gasteiger partial charge in [0, 0.05) is 38.1 Å². The summed E-state index contributed by atoms with van der Waals surface area (Å²) in [4.78, 5) is 19.0. The first-order chi connectivity index (χ1) is 12.5. The minimum atomic E-state index is -0.142. The lowest BCUT2D eigenvalue weighted by molar-refractivity contribution is -0.123. The number of amides is 1. The molecule has 1 amide bonds. The summed E-state index contributed by atoms with van der Waals surface area (Å²) in [5, 5.41) is 7.43. The summed E-state index contributed by atoms with van der Waals surface area (Å²) in [6.07, 6.45) is 3.62. The highest BCUT2D eigenvalue weighted by Crippen LogP contribution is 2.26. The third-order valence-corrected chi connectivity index (χ3v) is 5.33. The average Bonchev–Trinajstić information content (AvgIpc) is 2.65. The van der Waals surface area contributed by atoms with E-state index in [-0.39, 0.29) is 30.4 Å². The fourth-order valence-corrected chi connectivity index (χ4v) is 3.48. The van der Waals surface area contributed by atoms with Crippen LogP contribution in [0, 0.1) is 0 Å². The van der Waals surface area contributed by atoms with Gasteiger partial charge >= 0.3 is 0 Å². The molecule has 1 aliphatic heterocycles. The Bertz CT molecular complexity index is 760. The molecular formula is C19H23Cl3N4O. The van der Waals surface area contributed by atoms with Crippen molar-refractivity contribution >= 4 is 41.5 Å². The molecule has 8 heteroatoms. The van der Waals surface area contributed by atoms with Gasteiger partial charge in [-0.1, -0.05) is 35.3 Å². The largest absolute Gasteiger partial charge is 0.348 e. The highest BCUT2D eigenvalue weighted by Gasteiger charge is 2.26. The van der Waals surface area contributed by atoms with Gasteiger partial charge in [0.05, 0.1) is 22.6 Å². The molecule has 2 N–H and O–H groups in total. The van der Waals surface area contributed by atoms with Crippen LogP contribution in [0.5, 0.6) is 0 Å². The maximum atomic E-state index is 12.6. The summed E-state index contributed by atoms with van der Waals surface area (Å²) in [6, 6.07) is 9.39. The number of nitrogens with zero attached hydrogens (tertiary/aromatic N) is 2. The molecule has 0 radical (unpaired) electrons. The van der Waals surface area contributed by atoms with Crippen molar-refractivity contribution in [2.75, 3.05) is 26.2 Å². The standard InChI is InChI=1S/C19H22Cl2N4O.ClH/c1-13(14-4-5-16(20)17(21)9-14)24-19(26)12-25-8-7-23-11-18(25)15-3-2-6-22-10-15;/h2-6,9-10,13,18,23H,7-8,11-12H2,1H3,(H,24,26);1H. The quantitative estimate of drug-likeness (QED) is 0.762. The number of hydrogen-bond acceptors (Lipinski definition) is 4. The Morgan fingerprint density at radius 3 is 2.89 bits per heavy atom. The van der Waals surface area contributed by atoms with Crippen LogP contribution in [0.15, 0.2) is 42.7 Å². The molecule has 5 nitrogen and oxygen atoms in total. The second-order valence-electron chi connectivity index (χ2n) is 6.44. The number of carbonyl (C=O) groups is 1. The predicted molar refractivity (Wildman–Crippen MR) is 112 cm³/mol. The van der Waals surface area contributed by atoms with Crippen LogP contribution in [-0.4, -0.2) is 42.0 Å². The molecule has 0 bridgehead atoms. The summed E-state index contributed by atoms with van der Waals surface area (Å²) < 4.78 is 0. The van der Waals surface area contributed by atoms with Gasteiger partial charge in [0.15, 0.2) is 0 Å². The molecule has 2 unspecified atom stereocenters. The summed E-state index contributed by atoms with van der Waals surface area (Å²) in [5.41, 5.74) is 2.04. The van der Waals surface area contributed by atoms with Gasteiger partial charge in [-0.15, -0.1) is 12.4 Å². The highest BCUT2D eigenvalue weighted by molar-refractivity contribution is 6.42. The molecule has 1 fully saturated rings. The van der Waals surface area contributed by atoms with Crippen molar-refractivity contribution in [3.05, 3.63) is 63.9 Å². The number of halogens is 3. The fraction of sp³-hybridized carbons (Fsp3) is 0.368. The molecule has 2 aromatic rings. The zero-order valence-electron chi connectivity index (χ0n) is 15.0. The topological polar surface area (TPSA) is 57.3 Å². The van der Waals surface area contributed by atoms with E-state index in [4.69, 9.17) is 23.2 Å². The molecule has 0 aliphatic carbocycles. The van der Waals surface area contributed by atoms with Crippen LogP contribution in [0.1, 0.15) is 30.1 Å². The van der Waals surface area contributed by atoms with Crippen LogP contribution < -0.4 is 10.6 Å². The molecule has 1 aromatic heterocycles. The first-order valence-corrected chi connectivity index (χ1v) is 9.39. The Kier molecular flexibility index (Phi) is 8.32. The molecule has 3 rings (SSSR count). The van der Waals surface area contributed by atoms with Crippen molar-refractivity contribution in [1.82, 2.24) is 20.5 Å². The molecule has 1 saturated heterocycles. The van der Waals surface area contributed by atoms with Gasteiger partial charge in [0.1, 0.15) is 0 Å². The summed E-state index contributed by atoms with van der Waals surface area (Å²) in [7, 11) is 0. The minimum absolute atomic E-state index is 0. The Hall–Kier alpha value is -1.37. The lowest BCUT2D eigenvalue weighted by atomic mass is 10.1. The Balaban J connectivity index is 0.00000261. The lowest BCUT2D eigenvalue weighted by Crippen LogP contribution is -2.49. The van der Waals surface area contributed by atoms with E-state index in [1.807, 2.05) is 31.3 Å². The third kappa shape index (κ3) is 5.80. The molecule has 146 valence electrons. The summed E-state index contributed by atoms with van der Waals surface area (Å²) >= 11 is 12.0. The van der Waals surface area contributed by atoms with E-state index in [0.29, 0.717) is 16.6 Å². The van der Waals surface area contributed by atoms with E-state index >= 15 is 0 Å². The van der Waals surface area contributed by atoms with Crippen molar-refractivity contribution < 1.29 is 4.79 Å². The molecule has 2 heterocycles. The van der Waals surface area contributed by atoms with Crippen molar-refractivity contribution in [2.45, 2.75) is 19.0 Å². The van der Waals surface area contributed by atoms with Gasteiger partial charge in [-0.25, -0.2) is 0 Å². The summed E-state index contributed by atoms with van der Waals surface area (Å²) in [5.74, 6) is -0.0145. The number of rotatable bonds is 5. The third-order valence-electron chi connectivity index (χ3n) is 4.59. The second-order valence-corrected chi connectivity index (χ2v) is 7.25. The maximum Gasteiger partial charge on any atom is 0.234 e. The van der Waals surface area contributed by atoms with Crippen LogP contribution in [0.4, 0.5) is 0 Å². The van der Waals surface area contributed by atoms with Crippen LogP contribution >= 0.6 is 35.6 Å². The van der Waals surface area contributed by atoms with Crippen LogP contribution in [0.3, 0.4) is 0 Å². The number of piperazine rings is 1.